The van der Waals surface area contributed by atoms with Crippen molar-refractivity contribution in [3.05, 3.63) is 64.5 Å². The minimum absolute atomic E-state index is 0.329. The number of rotatable bonds is 4. The monoisotopic (exact) mass is 368 g/mol. The highest BCUT2D eigenvalue weighted by Crippen LogP contribution is 2.23. The van der Waals surface area contributed by atoms with Gasteiger partial charge in [0.05, 0.1) is 17.3 Å². The van der Waals surface area contributed by atoms with Gasteiger partial charge in [-0.15, -0.1) is 0 Å². The van der Waals surface area contributed by atoms with Gasteiger partial charge in [0.2, 0.25) is 0 Å². The number of fused-ring (bicyclic) bond motifs is 1. The topological polar surface area (TPSA) is 60.7 Å². The van der Waals surface area contributed by atoms with E-state index in [-0.39, 0.29) is 11.9 Å². The molecule has 0 bridgehead atoms. The van der Waals surface area contributed by atoms with Crippen molar-refractivity contribution in [3.63, 3.8) is 0 Å². The Morgan fingerprint density at radius 2 is 1.85 bits per heavy atom. The lowest BCUT2D eigenvalue weighted by molar-refractivity contribution is -0.144. The Kier molecular flexibility index (Phi) is 5.32. The molecule has 0 aliphatic rings. The molecule has 2 aromatic carbocycles. The van der Waals surface area contributed by atoms with E-state index < -0.39 is 6.04 Å². The van der Waals surface area contributed by atoms with Crippen molar-refractivity contribution in [2.75, 3.05) is 7.11 Å². The molecule has 0 N–H and O–H groups in total. The van der Waals surface area contributed by atoms with Gasteiger partial charge >= 0.3 is 5.97 Å². The van der Waals surface area contributed by atoms with Crippen LogP contribution in [0.25, 0.3) is 10.2 Å². The summed E-state index contributed by atoms with van der Waals surface area (Å²) in [5, 5.41) is 0. The molecule has 0 radical (unpaired) electrons. The minimum Gasteiger partial charge on any atom is -0.467 e. The molecule has 3 rings (SSSR count). The van der Waals surface area contributed by atoms with E-state index in [9.17, 15) is 9.59 Å². The van der Waals surface area contributed by atoms with Gasteiger partial charge in [-0.25, -0.2) is 4.79 Å². The maximum Gasteiger partial charge on any atom is 0.328 e. The van der Waals surface area contributed by atoms with Crippen LogP contribution in [-0.2, 0) is 9.53 Å². The second-order valence-corrected chi connectivity index (χ2v) is 6.96. The van der Waals surface area contributed by atoms with Gasteiger partial charge in [-0.2, -0.15) is 4.99 Å². The quantitative estimate of drug-likeness (QED) is 0.657. The van der Waals surface area contributed by atoms with Crippen LogP contribution < -0.4 is 4.80 Å². The number of esters is 1. The number of nitrogens with zero attached hydrogens (tertiary/aromatic N) is 2. The van der Waals surface area contributed by atoms with Crippen molar-refractivity contribution >= 4 is 33.4 Å². The predicted octanol–water partition coefficient (Wildman–Crippen LogP) is 3.88. The van der Waals surface area contributed by atoms with Crippen LogP contribution in [0.5, 0.6) is 0 Å². The molecule has 134 valence electrons. The molecule has 1 unspecified atom stereocenters. The average Bonchev–Trinajstić information content (AvgIpc) is 3.00. The molecule has 1 heterocycles. The Labute approximate surface area is 155 Å². The highest BCUT2D eigenvalue weighted by atomic mass is 32.1. The number of amides is 1. The predicted molar refractivity (Wildman–Crippen MR) is 102 cm³/mol. The number of thiazole rings is 1. The third kappa shape index (κ3) is 3.46. The second kappa shape index (κ2) is 7.66. The fraction of sp³-hybridized carbons (Fsp3) is 0.250. The molecule has 6 heteroatoms. The van der Waals surface area contributed by atoms with Crippen molar-refractivity contribution in [2.45, 2.75) is 26.3 Å². The minimum atomic E-state index is -0.527. The first-order valence-corrected chi connectivity index (χ1v) is 9.20. The summed E-state index contributed by atoms with van der Waals surface area (Å²) in [4.78, 5) is 29.7. The van der Waals surface area contributed by atoms with Crippen molar-refractivity contribution < 1.29 is 14.3 Å². The van der Waals surface area contributed by atoms with Crippen molar-refractivity contribution in [3.8, 4) is 0 Å². The summed E-state index contributed by atoms with van der Waals surface area (Å²) in [6, 6.07) is 14.5. The number of carbonyl (C=O) groups excluding carboxylic acids is 2. The number of methoxy groups -OCH3 is 1. The lowest BCUT2D eigenvalue weighted by Gasteiger charge is -2.15. The molecule has 1 aromatic heterocycles. The van der Waals surface area contributed by atoms with Crippen LogP contribution in [0.15, 0.2) is 53.5 Å². The molecule has 0 fully saturated rings. The van der Waals surface area contributed by atoms with E-state index in [0.717, 1.165) is 15.8 Å². The summed E-state index contributed by atoms with van der Waals surface area (Å²) < 4.78 is 7.72. The molecule has 5 nitrogen and oxygen atoms in total. The Balaban J connectivity index is 2.18. The summed E-state index contributed by atoms with van der Waals surface area (Å²) >= 11 is 1.39. The average molecular weight is 368 g/mol. The van der Waals surface area contributed by atoms with Gasteiger partial charge in [-0.1, -0.05) is 48.1 Å². The first kappa shape index (κ1) is 18.1. The van der Waals surface area contributed by atoms with E-state index in [0.29, 0.717) is 16.8 Å². The zero-order chi connectivity index (χ0) is 18.7. The maximum absolute atomic E-state index is 12.6. The summed E-state index contributed by atoms with van der Waals surface area (Å²) in [5.74, 6) is -0.676. The molecule has 0 saturated heterocycles. The number of benzene rings is 2. The third-order valence-electron chi connectivity index (χ3n) is 4.20. The van der Waals surface area contributed by atoms with Crippen molar-refractivity contribution in [2.24, 2.45) is 4.99 Å². The fourth-order valence-electron chi connectivity index (χ4n) is 2.81. The van der Waals surface area contributed by atoms with Crippen LogP contribution >= 0.6 is 11.3 Å². The Morgan fingerprint density at radius 3 is 2.50 bits per heavy atom. The van der Waals surface area contributed by atoms with E-state index in [2.05, 4.69) is 4.99 Å². The summed E-state index contributed by atoms with van der Waals surface area (Å²) in [6.07, 6.45) is 0.541. The standard InChI is InChI=1S/C20H20N2O3S/c1-4-15(19(24)25-3)22-16-7-5-6-8-17(16)26-20(22)21-18(23)14-11-9-13(2)10-12-14/h5-12,15H,4H2,1-3H3. The van der Waals surface area contributed by atoms with Crippen LogP contribution in [0.1, 0.15) is 35.3 Å². The summed E-state index contributed by atoms with van der Waals surface area (Å²) in [6.45, 7) is 3.88. The van der Waals surface area contributed by atoms with Gasteiger partial charge in [0.25, 0.3) is 5.91 Å². The lowest BCUT2D eigenvalue weighted by Crippen LogP contribution is -2.28. The number of para-hydroxylation sites is 1. The van der Waals surface area contributed by atoms with E-state index in [1.807, 2.05) is 50.2 Å². The van der Waals surface area contributed by atoms with Crippen LogP contribution in [0.3, 0.4) is 0 Å². The molecule has 0 aliphatic heterocycles. The number of ether oxygens (including phenoxy) is 1. The largest absolute Gasteiger partial charge is 0.467 e. The number of hydrogen-bond acceptors (Lipinski definition) is 4. The molecule has 0 saturated carbocycles. The number of aryl methyl sites for hydroxylation is 1. The molecular weight excluding hydrogens is 348 g/mol. The van der Waals surface area contributed by atoms with Gasteiger partial charge in [0, 0.05) is 5.56 Å². The SMILES string of the molecule is CCC(C(=O)OC)n1c(=NC(=O)c2ccc(C)cc2)sc2ccccc21. The number of aromatic nitrogens is 1. The normalized spacial score (nSPS) is 13.0. The van der Waals surface area contributed by atoms with E-state index >= 15 is 0 Å². The number of carbonyl (C=O) groups is 2. The molecule has 1 amide bonds. The van der Waals surface area contributed by atoms with Crippen LogP contribution in [-0.4, -0.2) is 23.6 Å². The molecular formula is C20H20N2O3S. The first-order valence-electron chi connectivity index (χ1n) is 8.38. The van der Waals surface area contributed by atoms with Gasteiger partial charge in [-0.3, -0.25) is 4.79 Å². The smallest absolute Gasteiger partial charge is 0.328 e. The third-order valence-corrected chi connectivity index (χ3v) is 5.24. The van der Waals surface area contributed by atoms with E-state index in [1.165, 1.54) is 18.4 Å². The van der Waals surface area contributed by atoms with Gasteiger partial charge < -0.3 is 9.30 Å². The lowest BCUT2D eigenvalue weighted by atomic mass is 10.1. The maximum atomic E-state index is 12.6. The van der Waals surface area contributed by atoms with Crippen molar-refractivity contribution in [1.29, 1.82) is 0 Å². The number of hydrogen-bond donors (Lipinski definition) is 0. The molecule has 26 heavy (non-hydrogen) atoms. The molecule has 3 aromatic rings. The zero-order valence-corrected chi connectivity index (χ0v) is 15.7. The van der Waals surface area contributed by atoms with E-state index in [4.69, 9.17) is 4.74 Å². The molecule has 0 spiro atoms. The molecule has 0 aliphatic carbocycles. The Bertz CT molecular complexity index is 1020. The van der Waals surface area contributed by atoms with Crippen LogP contribution in [0, 0.1) is 6.92 Å². The van der Waals surface area contributed by atoms with Crippen LogP contribution in [0.4, 0.5) is 0 Å². The fourth-order valence-corrected chi connectivity index (χ4v) is 3.88. The van der Waals surface area contributed by atoms with Gasteiger partial charge in [0.1, 0.15) is 6.04 Å². The second-order valence-electron chi connectivity index (χ2n) is 5.95. The summed E-state index contributed by atoms with van der Waals surface area (Å²) in [5.41, 5.74) is 2.46. The van der Waals surface area contributed by atoms with Gasteiger partial charge in [-0.05, 0) is 37.6 Å². The van der Waals surface area contributed by atoms with Gasteiger partial charge in [0.15, 0.2) is 4.80 Å². The zero-order valence-electron chi connectivity index (χ0n) is 14.9. The molecule has 1 atom stereocenters. The summed E-state index contributed by atoms with van der Waals surface area (Å²) in [7, 11) is 1.37. The Morgan fingerprint density at radius 1 is 1.15 bits per heavy atom. The Hall–Kier alpha value is -2.73. The van der Waals surface area contributed by atoms with E-state index in [1.54, 1.807) is 16.7 Å². The highest BCUT2D eigenvalue weighted by Gasteiger charge is 2.23. The van der Waals surface area contributed by atoms with Crippen LogP contribution in [0.2, 0.25) is 0 Å². The first-order chi connectivity index (χ1) is 12.5. The highest BCUT2D eigenvalue weighted by molar-refractivity contribution is 7.16. The van der Waals surface area contributed by atoms with Crippen molar-refractivity contribution in [1.82, 2.24) is 4.57 Å².